The molecule has 0 aliphatic carbocycles. The van der Waals surface area contributed by atoms with Crippen molar-refractivity contribution in [2.75, 3.05) is 14.2 Å². The maximum Gasteiger partial charge on any atom is 0.337 e. The number of methoxy groups -OCH3 is 2. The average molecular weight is 273 g/mol. The van der Waals surface area contributed by atoms with Gasteiger partial charge < -0.3 is 14.6 Å². The van der Waals surface area contributed by atoms with Crippen LogP contribution in [0.15, 0.2) is 30.5 Å². The number of carbonyl (C=O) groups is 1. The standard InChI is InChI=1S/C15H15NO4/c1-9-6-10(15(17)18)8-16-14(9)12-5-4-11(19-2)7-13(12)20-3/h4-8H,1-3H3,(H,17,18). The van der Waals surface area contributed by atoms with Crippen molar-refractivity contribution in [1.82, 2.24) is 4.98 Å². The maximum atomic E-state index is 10.9. The molecule has 1 N–H and O–H groups in total. The predicted molar refractivity (Wildman–Crippen MR) is 74.5 cm³/mol. The number of carboxylic acids is 1. The molecular weight excluding hydrogens is 258 g/mol. The highest BCUT2D eigenvalue weighted by Gasteiger charge is 2.13. The third kappa shape index (κ3) is 2.56. The molecule has 0 saturated heterocycles. The first kappa shape index (κ1) is 13.9. The van der Waals surface area contributed by atoms with Gasteiger partial charge in [0.1, 0.15) is 11.5 Å². The van der Waals surface area contributed by atoms with E-state index in [4.69, 9.17) is 14.6 Å². The number of hydrogen-bond acceptors (Lipinski definition) is 4. The van der Waals surface area contributed by atoms with Crippen molar-refractivity contribution >= 4 is 5.97 Å². The topological polar surface area (TPSA) is 68.7 Å². The van der Waals surface area contributed by atoms with Crippen molar-refractivity contribution in [3.63, 3.8) is 0 Å². The van der Waals surface area contributed by atoms with Gasteiger partial charge in [0.2, 0.25) is 0 Å². The van der Waals surface area contributed by atoms with Crippen molar-refractivity contribution in [1.29, 1.82) is 0 Å². The number of rotatable bonds is 4. The molecule has 1 heterocycles. The zero-order valence-electron chi connectivity index (χ0n) is 11.5. The van der Waals surface area contributed by atoms with E-state index in [0.717, 1.165) is 11.1 Å². The fraction of sp³-hybridized carbons (Fsp3) is 0.200. The van der Waals surface area contributed by atoms with E-state index in [9.17, 15) is 4.79 Å². The molecule has 104 valence electrons. The Hall–Kier alpha value is -2.56. The summed E-state index contributed by atoms with van der Waals surface area (Å²) in [7, 11) is 3.15. The summed E-state index contributed by atoms with van der Waals surface area (Å²) in [4.78, 5) is 15.2. The highest BCUT2D eigenvalue weighted by molar-refractivity contribution is 5.88. The molecule has 0 radical (unpaired) electrons. The minimum atomic E-state index is -0.992. The van der Waals surface area contributed by atoms with Crippen LogP contribution in [0.1, 0.15) is 15.9 Å². The zero-order valence-corrected chi connectivity index (χ0v) is 11.5. The lowest BCUT2D eigenvalue weighted by Crippen LogP contribution is -2.00. The van der Waals surface area contributed by atoms with E-state index in [1.807, 2.05) is 19.1 Å². The Morgan fingerprint density at radius 3 is 2.50 bits per heavy atom. The number of nitrogens with zero attached hydrogens (tertiary/aromatic N) is 1. The van der Waals surface area contributed by atoms with Gasteiger partial charge in [-0.05, 0) is 30.7 Å². The Labute approximate surface area is 116 Å². The van der Waals surface area contributed by atoms with Crippen LogP contribution < -0.4 is 9.47 Å². The van der Waals surface area contributed by atoms with Gasteiger partial charge in [0.25, 0.3) is 0 Å². The van der Waals surface area contributed by atoms with Gasteiger partial charge in [-0.1, -0.05) is 0 Å². The van der Waals surface area contributed by atoms with Crippen LogP contribution in [-0.4, -0.2) is 30.3 Å². The lowest BCUT2D eigenvalue weighted by Gasteiger charge is -2.12. The highest BCUT2D eigenvalue weighted by Crippen LogP contribution is 2.33. The highest BCUT2D eigenvalue weighted by atomic mass is 16.5. The lowest BCUT2D eigenvalue weighted by atomic mass is 10.0. The number of hydrogen-bond donors (Lipinski definition) is 1. The van der Waals surface area contributed by atoms with E-state index in [1.165, 1.54) is 6.20 Å². The molecule has 1 aromatic heterocycles. The lowest BCUT2D eigenvalue weighted by molar-refractivity contribution is 0.0696. The summed E-state index contributed by atoms with van der Waals surface area (Å²) in [6.45, 7) is 1.82. The van der Waals surface area contributed by atoms with Gasteiger partial charge in [0, 0.05) is 17.8 Å². The smallest absolute Gasteiger partial charge is 0.337 e. The maximum absolute atomic E-state index is 10.9. The molecule has 0 aliphatic rings. The van der Waals surface area contributed by atoms with Crippen molar-refractivity contribution in [3.8, 4) is 22.8 Å². The first-order chi connectivity index (χ1) is 9.56. The van der Waals surface area contributed by atoms with Gasteiger partial charge in [0.05, 0.1) is 25.5 Å². The van der Waals surface area contributed by atoms with Crippen LogP contribution in [0.2, 0.25) is 0 Å². The van der Waals surface area contributed by atoms with Crippen molar-refractivity contribution in [2.24, 2.45) is 0 Å². The molecule has 0 saturated carbocycles. The zero-order chi connectivity index (χ0) is 14.7. The number of ether oxygens (including phenoxy) is 2. The summed E-state index contributed by atoms with van der Waals surface area (Å²) in [5, 5.41) is 8.96. The van der Waals surface area contributed by atoms with Crippen LogP contribution in [0.4, 0.5) is 0 Å². The molecular formula is C15H15NO4. The van der Waals surface area contributed by atoms with Crippen LogP contribution >= 0.6 is 0 Å². The summed E-state index contributed by atoms with van der Waals surface area (Å²) in [5.41, 5.74) is 2.42. The Kier molecular flexibility index (Phi) is 3.89. The Bertz CT molecular complexity index is 652. The van der Waals surface area contributed by atoms with Gasteiger partial charge in [-0.15, -0.1) is 0 Å². The largest absolute Gasteiger partial charge is 0.497 e. The molecule has 0 amide bonds. The minimum Gasteiger partial charge on any atom is -0.497 e. The van der Waals surface area contributed by atoms with E-state index in [1.54, 1.807) is 26.4 Å². The fourth-order valence-electron chi connectivity index (χ4n) is 1.97. The average Bonchev–Trinajstić information content (AvgIpc) is 2.46. The van der Waals surface area contributed by atoms with Gasteiger partial charge in [-0.3, -0.25) is 4.98 Å². The van der Waals surface area contributed by atoms with E-state index in [2.05, 4.69) is 4.98 Å². The number of aromatic nitrogens is 1. The van der Waals surface area contributed by atoms with Gasteiger partial charge in [-0.25, -0.2) is 4.79 Å². The van der Waals surface area contributed by atoms with Gasteiger partial charge >= 0.3 is 5.97 Å². The second-order valence-corrected chi connectivity index (χ2v) is 4.26. The van der Waals surface area contributed by atoms with Gasteiger partial charge in [-0.2, -0.15) is 0 Å². The summed E-state index contributed by atoms with van der Waals surface area (Å²) < 4.78 is 10.5. The normalized spacial score (nSPS) is 10.2. The molecule has 5 nitrogen and oxygen atoms in total. The van der Waals surface area contributed by atoms with Crippen LogP contribution in [0.25, 0.3) is 11.3 Å². The molecule has 20 heavy (non-hydrogen) atoms. The Morgan fingerprint density at radius 1 is 1.20 bits per heavy atom. The van der Waals surface area contributed by atoms with Crippen molar-refractivity contribution in [3.05, 3.63) is 41.6 Å². The molecule has 1 aromatic carbocycles. The van der Waals surface area contributed by atoms with E-state index in [-0.39, 0.29) is 5.56 Å². The first-order valence-corrected chi connectivity index (χ1v) is 5.99. The predicted octanol–water partition coefficient (Wildman–Crippen LogP) is 2.77. The number of pyridine rings is 1. The van der Waals surface area contributed by atoms with Crippen molar-refractivity contribution < 1.29 is 19.4 Å². The summed E-state index contributed by atoms with van der Waals surface area (Å²) in [5.74, 6) is 0.322. The minimum absolute atomic E-state index is 0.165. The fourth-order valence-corrected chi connectivity index (χ4v) is 1.97. The summed E-state index contributed by atoms with van der Waals surface area (Å²) >= 11 is 0. The number of aromatic carboxylic acids is 1. The Morgan fingerprint density at radius 2 is 1.95 bits per heavy atom. The van der Waals surface area contributed by atoms with E-state index >= 15 is 0 Å². The quantitative estimate of drug-likeness (QED) is 0.927. The SMILES string of the molecule is COc1ccc(-c2ncc(C(=O)O)cc2C)c(OC)c1. The molecule has 0 unspecified atom stereocenters. The molecule has 5 heteroatoms. The van der Waals surface area contributed by atoms with E-state index < -0.39 is 5.97 Å². The molecule has 2 rings (SSSR count). The van der Waals surface area contributed by atoms with Crippen LogP contribution in [0.3, 0.4) is 0 Å². The second kappa shape index (κ2) is 5.61. The summed E-state index contributed by atoms with van der Waals surface area (Å²) in [6, 6.07) is 7.01. The van der Waals surface area contributed by atoms with E-state index in [0.29, 0.717) is 17.2 Å². The molecule has 0 aliphatic heterocycles. The third-order valence-corrected chi connectivity index (χ3v) is 2.99. The van der Waals surface area contributed by atoms with Crippen LogP contribution in [0, 0.1) is 6.92 Å². The number of aryl methyl sites for hydroxylation is 1. The molecule has 0 bridgehead atoms. The summed E-state index contributed by atoms with van der Waals surface area (Å²) in [6.07, 6.45) is 1.34. The first-order valence-electron chi connectivity index (χ1n) is 5.99. The van der Waals surface area contributed by atoms with Gasteiger partial charge in [0.15, 0.2) is 0 Å². The third-order valence-electron chi connectivity index (χ3n) is 2.99. The molecule has 2 aromatic rings. The Balaban J connectivity index is 2.53. The van der Waals surface area contributed by atoms with Crippen molar-refractivity contribution in [2.45, 2.75) is 6.92 Å². The molecule has 0 spiro atoms. The molecule has 0 atom stereocenters. The van der Waals surface area contributed by atoms with Crippen LogP contribution in [-0.2, 0) is 0 Å². The second-order valence-electron chi connectivity index (χ2n) is 4.26. The number of carboxylic acid groups (broad SMARTS) is 1. The monoisotopic (exact) mass is 273 g/mol. The van der Waals surface area contributed by atoms with Crippen LogP contribution in [0.5, 0.6) is 11.5 Å². The number of benzene rings is 1. The molecule has 0 fully saturated rings.